The molecule has 2 aromatic heterocycles. The van der Waals surface area contributed by atoms with E-state index in [9.17, 15) is 5.26 Å². The van der Waals surface area contributed by atoms with Crippen LogP contribution in [-0.2, 0) is 6.54 Å². The van der Waals surface area contributed by atoms with E-state index in [1.165, 1.54) is 0 Å². The minimum atomic E-state index is -0.418. The van der Waals surface area contributed by atoms with Gasteiger partial charge in [-0.1, -0.05) is 24.3 Å². The summed E-state index contributed by atoms with van der Waals surface area (Å²) in [6.07, 6.45) is 3.63. The molecular formula is C25H22N6O2. The number of hydrogen-bond donors (Lipinski definition) is 1. The predicted molar refractivity (Wildman–Crippen MR) is 122 cm³/mol. The van der Waals surface area contributed by atoms with Gasteiger partial charge >= 0.3 is 0 Å². The van der Waals surface area contributed by atoms with E-state index >= 15 is 0 Å². The molecule has 2 N–H and O–H groups in total. The lowest BCUT2D eigenvalue weighted by atomic mass is 9.83. The molecule has 0 spiro atoms. The van der Waals surface area contributed by atoms with Gasteiger partial charge in [-0.05, 0) is 42.8 Å². The second-order valence-corrected chi connectivity index (χ2v) is 7.75. The zero-order valence-electron chi connectivity index (χ0n) is 18.3. The molecule has 0 fully saturated rings. The number of aromatic nitrogens is 4. The number of allylic oxidation sites excluding steroid dienone is 1. The number of rotatable bonds is 5. The van der Waals surface area contributed by atoms with E-state index < -0.39 is 5.92 Å². The highest BCUT2D eigenvalue weighted by Crippen LogP contribution is 2.45. The normalized spacial score (nSPS) is 15.0. The van der Waals surface area contributed by atoms with Crippen LogP contribution in [0.3, 0.4) is 0 Å². The van der Waals surface area contributed by atoms with Crippen LogP contribution in [0.4, 0.5) is 0 Å². The van der Waals surface area contributed by atoms with Crippen LogP contribution in [0.15, 0.2) is 78.4 Å². The number of aryl methyl sites for hydroxylation is 1. The van der Waals surface area contributed by atoms with Crippen molar-refractivity contribution in [2.75, 3.05) is 7.11 Å². The Bertz CT molecular complexity index is 1380. The summed E-state index contributed by atoms with van der Waals surface area (Å²) in [5.74, 6) is 0.924. The fraction of sp³-hybridized carbons (Fsp3) is 0.160. The first-order chi connectivity index (χ1) is 16.1. The molecule has 3 heterocycles. The molecule has 8 heteroatoms. The van der Waals surface area contributed by atoms with Crippen LogP contribution in [0.2, 0.25) is 0 Å². The summed E-state index contributed by atoms with van der Waals surface area (Å²) in [7, 11) is 1.64. The summed E-state index contributed by atoms with van der Waals surface area (Å²) in [5.41, 5.74) is 10.9. The van der Waals surface area contributed by atoms with Crippen molar-refractivity contribution < 1.29 is 9.47 Å². The fourth-order valence-corrected chi connectivity index (χ4v) is 4.26. The second-order valence-electron chi connectivity index (χ2n) is 7.75. The van der Waals surface area contributed by atoms with Crippen molar-refractivity contribution >= 4 is 0 Å². The van der Waals surface area contributed by atoms with Crippen LogP contribution >= 0.6 is 0 Å². The van der Waals surface area contributed by atoms with Gasteiger partial charge in [-0.2, -0.15) is 15.5 Å². The molecular weight excluding hydrogens is 416 g/mol. The van der Waals surface area contributed by atoms with Crippen molar-refractivity contribution in [3.63, 3.8) is 0 Å². The number of fused-ring (bicyclic) bond motifs is 1. The Balaban J connectivity index is 1.67. The van der Waals surface area contributed by atoms with Crippen LogP contribution in [0.5, 0.6) is 11.6 Å². The van der Waals surface area contributed by atoms with E-state index in [1.807, 2.05) is 72.4 Å². The summed E-state index contributed by atoms with van der Waals surface area (Å²) < 4.78 is 15.1. The van der Waals surface area contributed by atoms with Gasteiger partial charge in [0.15, 0.2) is 0 Å². The number of para-hydroxylation sites is 1. The molecule has 164 valence electrons. The number of hydrogen-bond acceptors (Lipinski definition) is 6. The summed E-state index contributed by atoms with van der Waals surface area (Å²) in [5, 5.41) is 19.0. The lowest BCUT2D eigenvalue weighted by Crippen LogP contribution is -2.22. The first-order valence-electron chi connectivity index (χ1n) is 10.5. The van der Waals surface area contributed by atoms with Crippen molar-refractivity contribution in [1.29, 1.82) is 5.26 Å². The van der Waals surface area contributed by atoms with Gasteiger partial charge in [-0.25, -0.2) is 4.68 Å². The maximum Gasteiger partial charge on any atom is 0.229 e. The van der Waals surface area contributed by atoms with Crippen LogP contribution in [-0.4, -0.2) is 26.7 Å². The average molecular weight is 438 g/mol. The average Bonchev–Trinajstić information content (AvgIpc) is 3.46. The second kappa shape index (κ2) is 8.20. The Labute approximate surface area is 191 Å². The number of benzene rings is 2. The Morgan fingerprint density at radius 1 is 1.18 bits per heavy atom. The minimum Gasteiger partial charge on any atom is -0.496 e. The van der Waals surface area contributed by atoms with Gasteiger partial charge in [-0.3, -0.25) is 4.68 Å². The zero-order chi connectivity index (χ0) is 22.9. The van der Waals surface area contributed by atoms with E-state index in [2.05, 4.69) is 11.2 Å². The Morgan fingerprint density at radius 2 is 2.00 bits per heavy atom. The third-order valence-electron chi connectivity index (χ3n) is 5.76. The molecule has 0 saturated carbocycles. The summed E-state index contributed by atoms with van der Waals surface area (Å²) in [6, 6.07) is 19.7. The number of nitrogens with zero attached hydrogens (tertiary/aromatic N) is 5. The predicted octanol–water partition coefficient (Wildman–Crippen LogP) is 3.65. The largest absolute Gasteiger partial charge is 0.496 e. The molecule has 1 unspecified atom stereocenters. The monoisotopic (exact) mass is 438 g/mol. The van der Waals surface area contributed by atoms with Crippen molar-refractivity contribution in [3.8, 4) is 23.4 Å². The molecule has 5 rings (SSSR count). The van der Waals surface area contributed by atoms with Gasteiger partial charge in [0.05, 0.1) is 36.5 Å². The molecule has 0 aliphatic carbocycles. The Kier molecular flexibility index (Phi) is 5.07. The van der Waals surface area contributed by atoms with Crippen LogP contribution in [0.1, 0.15) is 28.3 Å². The van der Waals surface area contributed by atoms with Gasteiger partial charge in [-0.15, -0.1) is 0 Å². The van der Waals surface area contributed by atoms with Crippen molar-refractivity contribution in [1.82, 2.24) is 19.6 Å². The van der Waals surface area contributed by atoms with Crippen LogP contribution < -0.4 is 15.2 Å². The molecule has 1 aliphatic heterocycles. The fourth-order valence-electron chi connectivity index (χ4n) is 4.26. The third-order valence-corrected chi connectivity index (χ3v) is 5.76. The quantitative estimate of drug-likeness (QED) is 0.510. The molecule has 8 nitrogen and oxygen atoms in total. The summed E-state index contributed by atoms with van der Waals surface area (Å²) >= 11 is 0. The Hall–Kier alpha value is -4.51. The zero-order valence-corrected chi connectivity index (χ0v) is 18.3. The molecule has 0 saturated heterocycles. The summed E-state index contributed by atoms with van der Waals surface area (Å²) in [6.45, 7) is 2.45. The van der Waals surface area contributed by atoms with Crippen molar-refractivity contribution in [2.45, 2.75) is 19.4 Å². The standard InChI is InChI=1S/C25H22N6O2/c1-16-22-23(17-9-10-21(32-2)18(13-17)15-30-12-6-11-28-30)20(14-26)24(27)33-25(22)31(29-16)19-7-4-3-5-8-19/h3-13,23H,15,27H2,1-2H3. The molecule has 4 aromatic rings. The lowest BCUT2D eigenvalue weighted by molar-refractivity contribution is 0.367. The molecule has 0 bridgehead atoms. The molecule has 33 heavy (non-hydrogen) atoms. The van der Waals surface area contributed by atoms with Gasteiger partial charge in [0, 0.05) is 18.0 Å². The van der Waals surface area contributed by atoms with E-state index in [0.717, 1.165) is 33.8 Å². The molecule has 2 aromatic carbocycles. The van der Waals surface area contributed by atoms with Crippen molar-refractivity contribution in [2.24, 2.45) is 5.73 Å². The highest BCUT2D eigenvalue weighted by molar-refractivity contribution is 5.58. The van der Waals surface area contributed by atoms with E-state index in [-0.39, 0.29) is 5.88 Å². The van der Waals surface area contributed by atoms with Crippen molar-refractivity contribution in [3.05, 3.63) is 101 Å². The van der Waals surface area contributed by atoms with Crippen LogP contribution in [0.25, 0.3) is 5.69 Å². The number of methoxy groups -OCH3 is 1. The van der Waals surface area contributed by atoms with Gasteiger partial charge < -0.3 is 15.2 Å². The first-order valence-corrected chi connectivity index (χ1v) is 10.5. The summed E-state index contributed by atoms with van der Waals surface area (Å²) in [4.78, 5) is 0. The van der Waals surface area contributed by atoms with Gasteiger partial charge in [0.1, 0.15) is 17.4 Å². The molecule has 0 radical (unpaired) electrons. The molecule has 1 atom stereocenters. The van der Waals surface area contributed by atoms with Gasteiger partial charge in [0.25, 0.3) is 0 Å². The SMILES string of the molecule is COc1ccc(C2C(C#N)=C(N)Oc3c2c(C)nn3-c2ccccc2)cc1Cn1cccn1. The maximum atomic E-state index is 9.98. The number of nitriles is 1. The lowest BCUT2D eigenvalue weighted by Gasteiger charge is -2.25. The number of ether oxygens (including phenoxy) is 2. The smallest absolute Gasteiger partial charge is 0.229 e. The third kappa shape index (κ3) is 3.49. The minimum absolute atomic E-state index is 0.0801. The number of nitrogens with two attached hydrogens (primary N) is 1. The topological polar surface area (TPSA) is 104 Å². The maximum absolute atomic E-state index is 9.98. The molecule has 0 amide bonds. The highest BCUT2D eigenvalue weighted by Gasteiger charge is 2.36. The first kappa shape index (κ1) is 20.4. The van der Waals surface area contributed by atoms with E-state index in [4.69, 9.17) is 20.3 Å². The Morgan fingerprint density at radius 3 is 2.70 bits per heavy atom. The van der Waals surface area contributed by atoms with E-state index in [0.29, 0.717) is 18.0 Å². The van der Waals surface area contributed by atoms with E-state index in [1.54, 1.807) is 18.0 Å². The van der Waals surface area contributed by atoms with Gasteiger partial charge in [0.2, 0.25) is 11.8 Å². The highest BCUT2D eigenvalue weighted by atomic mass is 16.5. The molecule has 1 aliphatic rings. The van der Waals surface area contributed by atoms with Crippen LogP contribution in [0, 0.1) is 18.3 Å².